The zero-order valence-electron chi connectivity index (χ0n) is 18.8. The smallest absolute Gasteiger partial charge is 0.328 e. The van der Waals surface area contributed by atoms with Crippen LogP contribution in [0.5, 0.6) is 0 Å². The average Bonchev–Trinajstić information content (AvgIpc) is 3.25. The lowest BCUT2D eigenvalue weighted by Gasteiger charge is -2.25. The summed E-state index contributed by atoms with van der Waals surface area (Å²) >= 11 is 0. The fourth-order valence-electron chi connectivity index (χ4n) is 2.87. The van der Waals surface area contributed by atoms with E-state index in [9.17, 15) is 33.9 Å². The first-order valence-corrected chi connectivity index (χ1v) is 10.4. The SMILES string of the molecule is CC(O)C(NC(=O)C(CCC(=O)O)NC(=O)C(CC(N)=O)NC(=O)C(N)Cc1cnc[nH]1)C(=O)O. The summed E-state index contributed by atoms with van der Waals surface area (Å²) in [7, 11) is 0. The third-order valence-corrected chi connectivity index (χ3v) is 4.70. The largest absolute Gasteiger partial charge is 0.481 e. The highest BCUT2D eigenvalue weighted by Crippen LogP contribution is 2.04. The van der Waals surface area contributed by atoms with Gasteiger partial charge in [0.2, 0.25) is 23.6 Å². The topological polar surface area (TPSA) is 280 Å². The highest BCUT2D eigenvalue weighted by Gasteiger charge is 2.32. The number of carboxylic acids is 2. The highest BCUT2D eigenvalue weighted by molar-refractivity contribution is 5.96. The van der Waals surface area contributed by atoms with Crippen LogP contribution in [0.1, 0.15) is 31.9 Å². The molecule has 16 nitrogen and oxygen atoms in total. The minimum atomic E-state index is -1.74. The zero-order chi connectivity index (χ0) is 26.7. The summed E-state index contributed by atoms with van der Waals surface area (Å²) in [5.41, 5.74) is 11.5. The van der Waals surface area contributed by atoms with Gasteiger partial charge in [0.25, 0.3) is 0 Å². The molecule has 0 saturated carbocycles. The molecule has 1 aromatic rings. The quantitative estimate of drug-likeness (QED) is 0.112. The van der Waals surface area contributed by atoms with Crippen molar-refractivity contribution in [2.45, 2.75) is 62.9 Å². The van der Waals surface area contributed by atoms with Gasteiger partial charge in [0.1, 0.15) is 12.1 Å². The fraction of sp³-hybridized carbons (Fsp3) is 0.526. The van der Waals surface area contributed by atoms with Crippen LogP contribution in [-0.2, 0) is 35.2 Å². The summed E-state index contributed by atoms with van der Waals surface area (Å²) in [6.07, 6.45) is -0.404. The predicted octanol–water partition coefficient (Wildman–Crippen LogP) is -4.06. The number of nitrogens with one attached hydrogen (secondary N) is 4. The Morgan fingerprint density at radius 2 is 1.63 bits per heavy atom. The number of aliphatic hydroxyl groups is 1. The Balaban J connectivity index is 2.98. The Morgan fingerprint density at radius 1 is 1.03 bits per heavy atom. The van der Waals surface area contributed by atoms with Gasteiger partial charge in [0.05, 0.1) is 24.9 Å². The molecule has 1 rings (SSSR count). The minimum absolute atomic E-state index is 0.0241. The molecule has 0 spiro atoms. The summed E-state index contributed by atoms with van der Waals surface area (Å²) in [5, 5.41) is 34.1. The molecule has 0 aromatic carbocycles. The zero-order valence-corrected chi connectivity index (χ0v) is 18.8. The Kier molecular flexibility index (Phi) is 11.3. The average molecular weight is 499 g/mol. The molecule has 16 heteroatoms. The van der Waals surface area contributed by atoms with Gasteiger partial charge in [-0.05, 0) is 13.3 Å². The van der Waals surface area contributed by atoms with Crippen molar-refractivity contribution in [3.63, 3.8) is 0 Å². The van der Waals surface area contributed by atoms with Crippen molar-refractivity contribution >= 4 is 35.6 Å². The molecule has 0 aliphatic heterocycles. The monoisotopic (exact) mass is 499 g/mol. The summed E-state index contributed by atoms with van der Waals surface area (Å²) in [6.45, 7) is 1.11. The van der Waals surface area contributed by atoms with Crippen molar-refractivity contribution in [1.82, 2.24) is 25.9 Å². The van der Waals surface area contributed by atoms with Gasteiger partial charge in [-0.1, -0.05) is 0 Å². The van der Waals surface area contributed by atoms with E-state index in [1.54, 1.807) is 0 Å². The molecule has 1 aromatic heterocycles. The molecule has 0 radical (unpaired) electrons. The number of nitrogens with zero attached hydrogens (tertiary/aromatic N) is 1. The van der Waals surface area contributed by atoms with E-state index in [2.05, 4.69) is 20.6 Å². The number of aromatic nitrogens is 2. The van der Waals surface area contributed by atoms with Gasteiger partial charge >= 0.3 is 11.9 Å². The summed E-state index contributed by atoms with van der Waals surface area (Å²) < 4.78 is 0. The van der Waals surface area contributed by atoms with E-state index < -0.39 is 85.1 Å². The maximum atomic E-state index is 12.8. The van der Waals surface area contributed by atoms with Gasteiger partial charge in [0.15, 0.2) is 6.04 Å². The van der Waals surface area contributed by atoms with Crippen LogP contribution in [0.3, 0.4) is 0 Å². The van der Waals surface area contributed by atoms with Gasteiger partial charge in [-0.25, -0.2) is 9.78 Å². The summed E-state index contributed by atoms with van der Waals surface area (Å²) in [6, 6.07) is -6.04. The maximum absolute atomic E-state index is 12.8. The summed E-state index contributed by atoms with van der Waals surface area (Å²) in [4.78, 5) is 78.0. The number of primary amides is 1. The van der Waals surface area contributed by atoms with Crippen molar-refractivity contribution in [3.8, 4) is 0 Å². The van der Waals surface area contributed by atoms with Crippen LogP contribution in [0.2, 0.25) is 0 Å². The number of nitrogens with two attached hydrogens (primary N) is 2. The van der Waals surface area contributed by atoms with E-state index >= 15 is 0 Å². The van der Waals surface area contributed by atoms with E-state index in [0.717, 1.165) is 6.92 Å². The number of aliphatic carboxylic acids is 2. The number of rotatable bonds is 15. The number of H-pyrrole nitrogens is 1. The molecule has 5 atom stereocenters. The number of aliphatic hydroxyl groups excluding tert-OH is 1. The molecule has 5 unspecified atom stereocenters. The predicted molar refractivity (Wildman–Crippen MR) is 116 cm³/mol. The molecular weight excluding hydrogens is 470 g/mol. The van der Waals surface area contributed by atoms with Crippen LogP contribution >= 0.6 is 0 Å². The van der Waals surface area contributed by atoms with E-state index in [1.807, 2.05) is 5.32 Å². The minimum Gasteiger partial charge on any atom is -0.481 e. The number of aromatic amines is 1. The lowest BCUT2D eigenvalue weighted by atomic mass is 10.1. The number of carbonyl (C=O) groups is 6. The number of amides is 4. The van der Waals surface area contributed by atoms with E-state index in [-0.39, 0.29) is 6.42 Å². The normalized spacial score (nSPS) is 15.1. The Hall–Kier alpha value is -4.05. The molecular formula is C19H29N7O9. The van der Waals surface area contributed by atoms with Crippen molar-refractivity contribution in [3.05, 3.63) is 18.2 Å². The Labute approximate surface area is 198 Å². The van der Waals surface area contributed by atoms with Crippen LogP contribution in [0.25, 0.3) is 0 Å². The number of carboxylic acid groups (broad SMARTS) is 2. The maximum Gasteiger partial charge on any atom is 0.328 e. The summed E-state index contributed by atoms with van der Waals surface area (Å²) in [5.74, 6) is -6.85. The first-order chi connectivity index (χ1) is 16.3. The second kappa shape index (κ2) is 13.6. The lowest BCUT2D eigenvalue weighted by molar-refractivity contribution is -0.145. The molecule has 0 fully saturated rings. The van der Waals surface area contributed by atoms with Gasteiger partial charge in [-0.3, -0.25) is 24.0 Å². The molecule has 11 N–H and O–H groups in total. The van der Waals surface area contributed by atoms with Gasteiger partial charge < -0.3 is 47.7 Å². The standard InChI is InChI=1S/C19H29N7O9/c1-8(27)15(19(34)35)26-17(32)11(2-3-14(29)30)24-18(33)12(5-13(21)28)25-16(31)10(20)4-9-6-22-7-23-9/h6-8,10-12,15,27H,2-5,20H2,1H3,(H2,21,28)(H,22,23)(H,24,33)(H,25,31)(H,26,32)(H,29,30)(H,34,35). The third kappa shape index (κ3) is 10.2. The molecule has 194 valence electrons. The number of imidazole rings is 1. The van der Waals surface area contributed by atoms with Crippen LogP contribution in [0, 0.1) is 0 Å². The van der Waals surface area contributed by atoms with Gasteiger partial charge in [0, 0.05) is 24.7 Å². The molecule has 4 amide bonds. The van der Waals surface area contributed by atoms with Crippen molar-refractivity contribution < 1.29 is 44.1 Å². The van der Waals surface area contributed by atoms with E-state index in [4.69, 9.17) is 21.7 Å². The van der Waals surface area contributed by atoms with Crippen LogP contribution < -0.4 is 27.4 Å². The number of hydrogen-bond acceptors (Lipinski definition) is 9. The molecule has 1 heterocycles. The van der Waals surface area contributed by atoms with Crippen molar-refractivity contribution in [2.24, 2.45) is 11.5 Å². The van der Waals surface area contributed by atoms with Gasteiger partial charge in [-0.15, -0.1) is 0 Å². The molecule has 0 aliphatic rings. The molecule has 0 aliphatic carbocycles. The first kappa shape index (κ1) is 29.0. The Bertz CT molecular complexity index is 920. The van der Waals surface area contributed by atoms with Crippen LogP contribution in [0.4, 0.5) is 0 Å². The third-order valence-electron chi connectivity index (χ3n) is 4.70. The second-order valence-electron chi connectivity index (χ2n) is 7.68. The highest BCUT2D eigenvalue weighted by atomic mass is 16.4. The molecule has 35 heavy (non-hydrogen) atoms. The lowest BCUT2D eigenvalue weighted by Crippen LogP contribution is -2.59. The number of carbonyl (C=O) groups excluding carboxylic acids is 4. The fourth-order valence-corrected chi connectivity index (χ4v) is 2.87. The number of hydrogen-bond donors (Lipinski definition) is 9. The molecule has 0 saturated heterocycles. The van der Waals surface area contributed by atoms with Crippen molar-refractivity contribution in [2.75, 3.05) is 0 Å². The first-order valence-electron chi connectivity index (χ1n) is 10.4. The van der Waals surface area contributed by atoms with Crippen molar-refractivity contribution in [1.29, 1.82) is 0 Å². The van der Waals surface area contributed by atoms with E-state index in [0.29, 0.717) is 5.69 Å². The van der Waals surface area contributed by atoms with Crippen LogP contribution in [0.15, 0.2) is 12.5 Å². The Morgan fingerprint density at radius 3 is 2.11 bits per heavy atom. The van der Waals surface area contributed by atoms with Gasteiger partial charge in [-0.2, -0.15) is 0 Å². The van der Waals surface area contributed by atoms with Crippen LogP contribution in [-0.4, -0.2) is 91.1 Å². The van der Waals surface area contributed by atoms with E-state index in [1.165, 1.54) is 12.5 Å². The second-order valence-corrected chi connectivity index (χ2v) is 7.68. The molecule has 0 bridgehead atoms.